The Bertz CT molecular complexity index is 619. The van der Waals surface area contributed by atoms with Gasteiger partial charge in [0.1, 0.15) is 0 Å². The summed E-state index contributed by atoms with van der Waals surface area (Å²) < 4.78 is 3.12. The molecule has 0 aliphatic rings. The summed E-state index contributed by atoms with van der Waals surface area (Å²) in [4.78, 5) is 12.0. The number of carbonyl (C=O) groups is 1. The van der Waals surface area contributed by atoms with Crippen LogP contribution in [0.15, 0.2) is 35.7 Å². The van der Waals surface area contributed by atoms with E-state index in [4.69, 9.17) is 10.0 Å². The number of rotatable bonds is 6. The molecule has 21 heavy (non-hydrogen) atoms. The van der Waals surface area contributed by atoms with Gasteiger partial charge in [0.05, 0.1) is 11.4 Å². The van der Waals surface area contributed by atoms with Crippen molar-refractivity contribution in [1.82, 2.24) is 0 Å². The molecule has 0 saturated carbocycles. The molecule has 0 radical (unpaired) electrons. The maximum absolute atomic E-state index is 12.0. The molecule has 0 saturated heterocycles. The molecule has 8 heteroatoms. The largest absolute Gasteiger partial charge is 0.489 e. The van der Waals surface area contributed by atoms with Crippen molar-refractivity contribution in [2.75, 3.05) is 16.3 Å². The lowest BCUT2D eigenvalue weighted by atomic mass is 9.83. The van der Waals surface area contributed by atoms with Gasteiger partial charge in [0, 0.05) is 11.9 Å². The highest BCUT2D eigenvalue weighted by Crippen LogP contribution is 2.17. The average Bonchev–Trinajstić information content (AvgIpc) is 2.88. The van der Waals surface area contributed by atoms with E-state index in [0.29, 0.717) is 10.5 Å². The van der Waals surface area contributed by atoms with E-state index in [9.17, 15) is 4.79 Å². The predicted octanol–water partition coefficient (Wildman–Crippen LogP) is 1.30. The monoisotopic (exact) mass is 322 g/mol. The molecule has 1 heterocycles. The highest BCUT2D eigenvalue weighted by Gasteiger charge is 2.14. The molecule has 0 aliphatic heterocycles. The maximum atomic E-state index is 12.0. The number of benzene rings is 1. The van der Waals surface area contributed by atoms with E-state index >= 15 is 0 Å². The zero-order chi connectivity index (χ0) is 15.2. The molecule has 4 N–H and O–H groups in total. The van der Waals surface area contributed by atoms with Crippen LogP contribution >= 0.6 is 23.3 Å². The van der Waals surface area contributed by atoms with Crippen molar-refractivity contribution in [1.29, 1.82) is 0 Å². The molecular weight excluding hydrogens is 307 g/mol. The van der Waals surface area contributed by atoms with Crippen molar-refractivity contribution in [3.63, 3.8) is 0 Å². The number of amides is 1. The molecule has 2 rings (SSSR count). The minimum atomic E-state index is -1.51. The minimum Gasteiger partial charge on any atom is -0.423 e. The average molecular weight is 322 g/mol. The van der Waals surface area contributed by atoms with Crippen LogP contribution in [0.1, 0.15) is 5.56 Å². The number of thiophene rings is 1. The van der Waals surface area contributed by atoms with Crippen LogP contribution in [0.3, 0.4) is 0 Å². The van der Waals surface area contributed by atoms with Gasteiger partial charge in [0.25, 0.3) is 0 Å². The normalized spacial score (nSPS) is 10.2. The zero-order valence-corrected chi connectivity index (χ0v) is 13.0. The lowest BCUT2D eigenvalue weighted by Gasteiger charge is -2.06. The molecule has 1 aromatic heterocycles. The fourth-order valence-corrected chi connectivity index (χ4v) is 2.97. The van der Waals surface area contributed by atoms with Crippen LogP contribution in [0.2, 0.25) is 0 Å². The van der Waals surface area contributed by atoms with E-state index in [1.54, 1.807) is 11.4 Å². The van der Waals surface area contributed by atoms with Gasteiger partial charge in [-0.15, -0.1) is 11.3 Å². The first-order chi connectivity index (χ1) is 10.1. The third-order valence-corrected chi connectivity index (χ3v) is 4.00. The van der Waals surface area contributed by atoms with Crippen molar-refractivity contribution >= 4 is 52.5 Å². The van der Waals surface area contributed by atoms with Crippen LogP contribution in [-0.4, -0.2) is 29.3 Å². The Hall–Kier alpha value is -1.48. The lowest BCUT2D eigenvalue weighted by Crippen LogP contribution is -2.28. The molecule has 0 atom stereocenters. The SMILES string of the molecule is CSNc1cccc(CC(=O)Nc2cc(B(O)O)cs2)c1. The van der Waals surface area contributed by atoms with Crippen LogP contribution in [0.5, 0.6) is 0 Å². The molecule has 0 unspecified atom stereocenters. The summed E-state index contributed by atoms with van der Waals surface area (Å²) >= 11 is 2.75. The summed E-state index contributed by atoms with van der Waals surface area (Å²) in [6, 6.07) is 9.20. The Morgan fingerprint density at radius 3 is 2.86 bits per heavy atom. The molecular formula is C13H15BN2O3S2. The van der Waals surface area contributed by atoms with Crippen molar-refractivity contribution in [3.05, 3.63) is 41.3 Å². The molecule has 0 bridgehead atoms. The first-order valence-electron chi connectivity index (χ1n) is 6.21. The minimum absolute atomic E-state index is 0.142. The van der Waals surface area contributed by atoms with E-state index in [2.05, 4.69) is 10.0 Å². The molecule has 0 fully saturated rings. The summed E-state index contributed by atoms with van der Waals surface area (Å²) in [6.07, 6.45) is 2.20. The fraction of sp³-hybridized carbons (Fsp3) is 0.154. The van der Waals surface area contributed by atoms with Gasteiger partial charge in [-0.1, -0.05) is 24.1 Å². The topological polar surface area (TPSA) is 81.6 Å². The first kappa shape index (κ1) is 15.9. The Morgan fingerprint density at radius 2 is 2.19 bits per heavy atom. The summed E-state index contributed by atoms with van der Waals surface area (Å²) in [5, 5.41) is 23.0. The van der Waals surface area contributed by atoms with E-state index in [0.717, 1.165) is 11.3 Å². The molecule has 0 aliphatic carbocycles. The number of nitrogens with one attached hydrogen (secondary N) is 2. The van der Waals surface area contributed by atoms with Crippen LogP contribution in [0, 0.1) is 0 Å². The van der Waals surface area contributed by atoms with E-state index < -0.39 is 7.12 Å². The van der Waals surface area contributed by atoms with Gasteiger partial charge in [0.15, 0.2) is 0 Å². The molecule has 5 nitrogen and oxygen atoms in total. The number of hydrogen-bond donors (Lipinski definition) is 4. The molecule has 1 amide bonds. The Labute approximate surface area is 131 Å². The van der Waals surface area contributed by atoms with Crippen molar-refractivity contribution in [2.24, 2.45) is 0 Å². The molecule has 110 valence electrons. The summed E-state index contributed by atoms with van der Waals surface area (Å²) in [5.74, 6) is -0.142. The number of anilines is 2. The third-order valence-electron chi connectivity index (χ3n) is 2.69. The smallest absolute Gasteiger partial charge is 0.423 e. The van der Waals surface area contributed by atoms with E-state index in [1.165, 1.54) is 23.3 Å². The van der Waals surface area contributed by atoms with Crippen molar-refractivity contribution < 1.29 is 14.8 Å². The van der Waals surface area contributed by atoms with Crippen LogP contribution < -0.4 is 15.5 Å². The van der Waals surface area contributed by atoms with Gasteiger partial charge in [-0.3, -0.25) is 4.79 Å². The van der Waals surface area contributed by atoms with Crippen LogP contribution in [0.4, 0.5) is 10.7 Å². The summed E-state index contributed by atoms with van der Waals surface area (Å²) in [5.41, 5.74) is 2.24. The number of carbonyl (C=O) groups excluding carboxylic acids is 1. The van der Waals surface area contributed by atoms with E-state index in [-0.39, 0.29) is 12.3 Å². The molecule has 0 spiro atoms. The van der Waals surface area contributed by atoms with Gasteiger partial charge in [-0.05, 0) is 34.6 Å². The second-order valence-corrected chi connectivity index (χ2v) is 5.87. The predicted molar refractivity (Wildman–Crippen MR) is 90.1 cm³/mol. The molecule has 2 aromatic rings. The standard InChI is InChI=1S/C13H15BN2O3S2/c1-20-16-11-4-2-3-9(5-11)6-12(17)15-13-7-10(8-21-13)14(18)19/h2-5,7-8,16,18-19H,6H2,1H3,(H,15,17). The van der Waals surface area contributed by atoms with Crippen molar-refractivity contribution in [3.8, 4) is 0 Å². The van der Waals surface area contributed by atoms with Gasteiger partial charge < -0.3 is 20.1 Å². The molecule has 1 aromatic carbocycles. The van der Waals surface area contributed by atoms with Gasteiger partial charge in [-0.25, -0.2) is 0 Å². The van der Waals surface area contributed by atoms with E-state index in [1.807, 2.05) is 30.5 Å². The highest BCUT2D eigenvalue weighted by atomic mass is 32.2. The summed E-state index contributed by atoms with van der Waals surface area (Å²) in [7, 11) is -1.51. The zero-order valence-electron chi connectivity index (χ0n) is 11.4. The number of hydrogen-bond acceptors (Lipinski definition) is 6. The summed E-state index contributed by atoms with van der Waals surface area (Å²) in [6.45, 7) is 0. The Morgan fingerprint density at radius 1 is 1.38 bits per heavy atom. The highest BCUT2D eigenvalue weighted by molar-refractivity contribution is 7.99. The lowest BCUT2D eigenvalue weighted by molar-refractivity contribution is -0.115. The quantitative estimate of drug-likeness (QED) is 0.476. The Balaban J connectivity index is 1.96. The van der Waals surface area contributed by atoms with Crippen molar-refractivity contribution in [2.45, 2.75) is 6.42 Å². The fourth-order valence-electron chi connectivity index (χ4n) is 1.78. The van der Waals surface area contributed by atoms with Gasteiger partial charge >= 0.3 is 7.12 Å². The Kier molecular flexibility index (Phi) is 5.69. The maximum Gasteiger partial charge on any atom is 0.489 e. The second-order valence-electron chi connectivity index (χ2n) is 4.35. The second kappa shape index (κ2) is 7.51. The first-order valence-corrected chi connectivity index (χ1v) is 8.31. The van der Waals surface area contributed by atoms with Gasteiger partial charge in [-0.2, -0.15) is 0 Å². The third kappa shape index (κ3) is 4.78. The van der Waals surface area contributed by atoms with Gasteiger partial charge in [0.2, 0.25) is 5.91 Å². The van der Waals surface area contributed by atoms with Crippen LogP contribution in [0.25, 0.3) is 0 Å². The van der Waals surface area contributed by atoms with Crippen LogP contribution in [-0.2, 0) is 11.2 Å².